The molecule has 8 heteroatoms. The second kappa shape index (κ2) is 26.7. The summed E-state index contributed by atoms with van der Waals surface area (Å²) >= 11 is 0. The van der Waals surface area contributed by atoms with Gasteiger partial charge in [0.1, 0.15) is 0 Å². The molecule has 230 valence electrons. The van der Waals surface area contributed by atoms with Gasteiger partial charge in [0.05, 0.1) is 0 Å². The van der Waals surface area contributed by atoms with Gasteiger partial charge in [0.25, 0.3) is 0 Å². The van der Waals surface area contributed by atoms with Crippen LogP contribution in [0, 0.1) is 61.3 Å². The standard InChI is InChI=1S/C13H16N3.C8H13N2.C6H7N.2C2H6.2CH3.2W.H2/c1-9(2)13-10(3)11(4)16(15-13)12-7-5-6-8-14-12;1-5(2)8-6(3)7(4)9-10-8;1-6-4-2-3-5-7-6;2*1-2;;;;;/h5-8H,1-4H3;1-4H3,(H,9,10);2-5H,1H3;2*1-2H3;2*1H3;;;1H/q2*-1;;;;2*-1;2*+2;/i;;;;;;;;;1+1. The first-order valence-electron chi connectivity index (χ1n) is 13.1. The minimum Gasteiger partial charge on any atom is -0.358 e. The van der Waals surface area contributed by atoms with Crippen molar-refractivity contribution in [2.24, 2.45) is 0 Å². The summed E-state index contributed by atoms with van der Waals surface area (Å²) in [5.74, 6) is 3.39. The van der Waals surface area contributed by atoms with E-state index in [0.29, 0.717) is 0 Å². The van der Waals surface area contributed by atoms with Crippen LogP contribution in [0.4, 0.5) is 0 Å². The van der Waals surface area contributed by atoms with Gasteiger partial charge < -0.3 is 20.0 Å². The van der Waals surface area contributed by atoms with Crippen LogP contribution in [0.1, 0.15) is 96.4 Å². The smallest absolute Gasteiger partial charge is 0.358 e. The van der Waals surface area contributed by atoms with E-state index in [2.05, 4.69) is 73.7 Å². The van der Waals surface area contributed by atoms with Crippen molar-refractivity contribution < 1.29 is 43.6 Å². The monoisotopic (exact) mass is 905 g/mol. The molecule has 4 heterocycles. The maximum Gasteiger partial charge on any atom is 2.00 e. The molecule has 0 aliphatic rings. The number of aromatic nitrogens is 6. The SMILES string of the molecule is CC.CC.Cc1c([C-](C)C)nn(-c2ccccn2)c1C.Cc1ccccn1.Cc1n[nH]c([C-](C)C)c1C.[2HH].[CH3-].[CH3-].[W+2].[W+2]. The molecule has 4 rings (SSSR count). The average molecular weight is 906 g/mol. The number of H-pyrrole nitrogens is 1. The van der Waals surface area contributed by atoms with Crippen LogP contribution < -0.4 is 0 Å². The van der Waals surface area contributed by atoms with E-state index in [1.165, 1.54) is 28.7 Å². The molecular weight excluding hydrogens is 848 g/mol. The normalized spacial score (nSPS) is 8.32. The van der Waals surface area contributed by atoms with Gasteiger partial charge in [-0.1, -0.05) is 51.2 Å². The molecule has 0 bridgehead atoms. The topological polar surface area (TPSA) is 72.3 Å². The van der Waals surface area contributed by atoms with E-state index >= 15 is 0 Å². The third kappa shape index (κ3) is 16.2. The van der Waals surface area contributed by atoms with Crippen LogP contribution in [0.3, 0.4) is 0 Å². The molecule has 0 amide bonds. The summed E-state index contributed by atoms with van der Waals surface area (Å²) < 4.78 is 1.90. The van der Waals surface area contributed by atoms with E-state index in [0.717, 1.165) is 28.6 Å². The van der Waals surface area contributed by atoms with E-state index in [1.54, 1.807) is 12.4 Å². The van der Waals surface area contributed by atoms with Crippen molar-refractivity contribution in [2.45, 2.75) is 90.0 Å². The maximum atomic E-state index is 4.60. The fourth-order valence-corrected chi connectivity index (χ4v) is 3.18. The van der Waals surface area contributed by atoms with Crippen molar-refractivity contribution in [3.05, 3.63) is 115 Å². The van der Waals surface area contributed by atoms with Crippen molar-refractivity contribution in [1.29, 1.82) is 0 Å². The van der Waals surface area contributed by atoms with E-state index < -0.39 is 0 Å². The van der Waals surface area contributed by atoms with Gasteiger partial charge in [-0.25, -0.2) is 19.9 Å². The van der Waals surface area contributed by atoms with Crippen LogP contribution in [-0.2, 0) is 42.1 Å². The van der Waals surface area contributed by atoms with Gasteiger partial charge in [0.2, 0.25) is 0 Å². The van der Waals surface area contributed by atoms with E-state index in [-0.39, 0.29) is 58.4 Å². The van der Waals surface area contributed by atoms with Gasteiger partial charge in [0, 0.05) is 19.5 Å². The Hall–Kier alpha value is -2.16. The first-order valence-corrected chi connectivity index (χ1v) is 13.1. The van der Waals surface area contributed by atoms with Gasteiger partial charge >= 0.3 is 42.1 Å². The number of hydrogen-bond acceptors (Lipinski definition) is 4. The first-order chi connectivity index (χ1) is 17.6. The molecule has 0 atom stereocenters. The van der Waals surface area contributed by atoms with Crippen molar-refractivity contribution in [1.82, 2.24) is 29.9 Å². The Kier molecular flexibility index (Phi) is 31.6. The summed E-state index contributed by atoms with van der Waals surface area (Å²) in [4.78, 5) is 8.29. The van der Waals surface area contributed by atoms with E-state index in [1.807, 2.05) is 82.6 Å². The summed E-state index contributed by atoms with van der Waals surface area (Å²) in [7, 11) is 0. The minimum absolute atomic E-state index is 0. The van der Waals surface area contributed by atoms with Crippen molar-refractivity contribution in [2.75, 3.05) is 0 Å². The van der Waals surface area contributed by atoms with Crippen molar-refractivity contribution in [3.63, 3.8) is 0 Å². The molecule has 0 radical (unpaired) electrons. The Labute approximate surface area is 283 Å². The predicted octanol–water partition coefficient (Wildman–Crippen LogP) is 9.42. The number of rotatable bonds is 3. The number of nitrogens with one attached hydrogen (secondary N) is 1. The van der Waals surface area contributed by atoms with Crippen LogP contribution in [0.5, 0.6) is 0 Å². The third-order valence-corrected chi connectivity index (χ3v) is 5.32. The number of nitrogens with zero attached hydrogens (tertiary/aromatic N) is 5. The van der Waals surface area contributed by atoms with Crippen LogP contribution in [0.25, 0.3) is 5.82 Å². The first kappa shape index (κ1) is 48.6. The molecule has 4 aromatic rings. The number of hydrogen-bond donors (Lipinski definition) is 1. The zero-order chi connectivity index (χ0) is 28.5. The van der Waals surface area contributed by atoms with Crippen LogP contribution >= 0.6 is 0 Å². The fourth-order valence-electron chi connectivity index (χ4n) is 3.18. The quantitative estimate of drug-likeness (QED) is 0.208. The van der Waals surface area contributed by atoms with E-state index in [9.17, 15) is 0 Å². The van der Waals surface area contributed by atoms with Gasteiger partial charge in [-0.15, -0.1) is 41.5 Å². The molecule has 0 aromatic carbocycles. The molecule has 41 heavy (non-hydrogen) atoms. The largest absolute Gasteiger partial charge is 2.00 e. The predicted molar refractivity (Wildman–Crippen MR) is 173 cm³/mol. The molecule has 0 aliphatic carbocycles. The van der Waals surface area contributed by atoms with Crippen LogP contribution in [-0.4, -0.2) is 29.9 Å². The maximum absolute atomic E-state index is 4.60. The molecule has 1 N–H and O–H groups in total. The molecule has 6 nitrogen and oxygen atoms in total. The van der Waals surface area contributed by atoms with Crippen molar-refractivity contribution in [3.8, 4) is 5.82 Å². The third-order valence-electron chi connectivity index (χ3n) is 5.32. The second-order valence-electron chi connectivity index (χ2n) is 8.44. The van der Waals surface area contributed by atoms with Gasteiger partial charge in [-0.05, 0) is 56.4 Å². The molecule has 0 unspecified atom stereocenters. The Bertz CT molecular complexity index is 1130. The summed E-state index contributed by atoms with van der Waals surface area (Å²) in [6.07, 6.45) is 3.57. The Balaban J connectivity index is -0.000000109. The summed E-state index contributed by atoms with van der Waals surface area (Å²) in [5.41, 5.74) is 8.06. The molecule has 0 fully saturated rings. The van der Waals surface area contributed by atoms with E-state index in [4.69, 9.17) is 0 Å². The number of pyridine rings is 2. The number of aromatic amines is 1. The molecule has 4 aromatic heterocycles. The Morgan fingerprint density at radius 3 is 1.49 bits per heavy atom. The Morgan fingerprint density at radius 2 is 1.22 bits per heavy atom. The van der Waals surface area contributed by atoms with Crippen molar-refractivity contribution >= 4 is 0 Å². The summed E-state index contributed by atoms with van der Waals surface area (Å²) in [5, 5.41) is 11.7. The molecule has 0 saturated carbocycles. The second-order valence-corrected chi connectivity index (χ2v) is 8.44. The number of aryl methyl sites for hydroxylation is 2. The molecular formula is C33H56N6W2. The zero-order valence-electron chi connectivity index (χ0n) is 28.2. The zero-order valence-corrected chi connectivity index (χ0v) is 34.0. The Morgan fingerprint density at radius 1 is 0.707 bits per heavy atom. The average Bonchev–Trinajstić information content (AvgIpc) is 3.41. The van der Waals surface area contributed by atoms with Crippen LogP contribution in [0.15, 0.2) is 48.8 Å². The van der Waals surface area contributed by atoms with Gasteiger partial charge in [-0.3, -0.25) is 4.98 Å². The molecule has 0 saturated heterocycles. The van der Waals surface area contributed by atoms with Crippen LogP contribution in [0.2, 0.25) is 0 Å². The fraction of sp³-hybridized carbons (Fsp3) is 0.394. The summed E-state index contributed by atoms with van der Waals surface area (Å²) in [6, 6.07) is 11.7. The van der Waals surface area contributed by atoms with Gasteiger partial charge in [-0.2, -0.15) is 23.0 Å². The summed E-state index contributed by atoms with van der Waals surface area (Å²) in [6.45, 7) is 26.6. The molecule has 0 spiro atoms. The minimum atomic E-state index is 0. The molecule has 0 aliphatic heterocycles. The van der Waals surface area contributed by atoms with Gasteiger partial charge in [0.15, 0.2) is 5.82 Å².